The van der Waals surface area contributed by atoms with Crippen molar-refractivity contribution in [2.45, 2.75) is 19.8 Å². The summed E-state index contributed by atoms with van der Waals surface area (Å²) in [5.74, 6) is 0.115. The highest BCUT2D eigenvalue weighted by Gasteiger charge is 2.01. The maximum Gasteiger partial charge on any atom is 0.319 e. The lowest BCUT2D eigenvalue weighted by Gasteiger charge is -2.06. The molecule has 0 aliphatic heterocycles. The summed E-state index contributed by atoms with van der Waals surface area (Å²) in [6.07, 6.45) is 1.10. The molecule has 2 amide bonds. The number of urea groups is 1. The van der Waals surface area contributed by atoms with Gasteiger partial charge in [0, 0.05) is 18.7 Å². The van der Waals surface area contributed by atoms with Crippen molar-refractivity contribution in [1.29, 1.82) is 5.26 Å². The van der Waals surface area contributed by atoms with Crippen molar-refractivity contribution >= 4 is 17.5 Å². The highest BCUT2D eigenvalue weighted by molar-refractivity contribution is 5.89. The van der Waals surface area contributed by atoms with Gasteiger partial charge in [0.2, 0.25) is 0 Å². The number of hydrogen-bond acceptors (Lipinski definition) is 3. The molecule has 0 saturated heterocycles. The number of Topliss-reactive ketones (excluding diaryl/α,β-unsaturated/α-hetero) is 1. The number of nitriles is 1. The Morgan fingerprint density at radius 1 is 1.28 bits per heavy atom. The van der Waals surface area contributed by atoms with Gasteiger partial charge in [-0.15, -0.1) is 0 Å². The molecule has 0 heterocycles. The first kappa shape index (κ1) is 13.7. The Bertz CT molecular complexity index is 460. The molecular formula is C13H15N3O2. The Morgan fingerprint density at radius 3 is 2.50 bits per heavy atom. The lowest BCUT2D eigenvalue weighted by atomic mass is 10.2. The van der Waals surface area contributed by atoms with Crippen LogP contribution >= 0.6 is 0 Å². The number of rotatable bonds is 5. The Balaban J connectivity index is 2.31. The molecule has 2 N–H and O–H groups in total. The SMILES string of the molecule is CC(=O)CCCNC(=O)Nc1ccc(C#N)cc1. The molecule has 0 unspecified atom stereocenters. The molecule has 0 saturated carbocycles. The van der Waals surface area contributed by atoms with Crippen molar-refractivity contribution in [3.8, 4) is 6.07 Å². The van der Waals surface area contributed by atoms with Crippen LogP contribution in [-0.2, 0) is 4.79 Å². The largest absolute Gasteiger partial charge is 0.338 e. The number of anilines is 1. The van der Waals surface area contributed by atoms with Crippen LogP contribution in [0.1, 0.15) is 25.3 Å². The van der Waals surface area contributed by atoms with E-state index in [1.807, 2.05) is 6.07 Å². The number of carbonyl (C=O) groups is 2. The molecule has 0 aromatic heterocycles. The van der Waals surface area contributed by atoms with E-state index in [0.29, 0.717) is 30.6 Å². The maximum atomic E-state index is 11.4. The lowest BCUT2D eigenvalue weighted by molar-refractivity contribution is -0.117. The van der Waals surface area contributed by atoms with Crippen molar-refractivity contribution < 1.29 is 9.59 Å². The summed E-state index contributed by atoms with van der Waals surface area (Å²) in [5, 5.41) is 13.9. The Morgan fingerprint density at radius 2 is 1.94 bits per heavy atom. The minimum absolute atomic E-state index is 0.115. The summed E-state index contributed by atoms with van der Waals surface area (Å²) in [5.41, 5.74) is 1.17. The molecule has 1 rings (SSSR count). The van der Waals surface area contributed by atoms with Crippen molar-refractivity contribution in [3.63, 3.8) is 0 Å². The lowest BCUT2D eigenvalue weighted by Crippen LogP contribution is -2.29. The summed E-state index contributed by atoms with van der Waals surface area (Å²) in [6.45, 7) is 1.98. The van der Waals surface area contributed by atoms with Crippen molar-refractivity contribution in [2.24, 2.45) is 0 Å². The molecule has 0 spiro atoms. The minimum Gasteiger partial charge on any atom is -0.338 e. The average Bonchev–Trinajstić information content (AvgIpc) is 2.35. The van der Waals surface area contributed by atoms with Gasteiger partial charge in [-0.1, -0.05) is 0 Å². The Kier molecular flexibility index (Phi) is 5.39. The molecule has 1 aromatic carbocycles. The van der Waals surface area contributed by atoms with Crippen LogP contribution in [0.15, 0.2) is 24.3 Å². The molecule has 5 heteroatoms. The topological polar surface area (TPSA) is 82.0 Å². The fraction of sp³-hybridized carbons (Fsp3) is 0.308. The van der Waals surface area contributed by atoms with E-state index in [1.165, 1.54) is 6.92 Å². The fourth-order valence-electron chi connectivity index (χ4n) is 1.34. The van der Waals surface area contributed by atoms with Gasteiger partial charge in [-0.05, 0) is 37.6 Å². The van der Waals surface area contributed by atoms with Crippen LogP contribution in [0.25, 0.3) is 0 Å². The van der Waals surface area contributed by atoms with Crippen molar-refractivity contribution in [1.82, 2.24) is 5.32 Å². The third-order valence-corrected chi connectivity index (χ3v) is 2.26. The highest BCUT2D eigenvalue weighted by atomic mass is 16.2. The van der Waals surface area contributed by atoms with Crippen LogP contribution in [0, 0.1) is 11.3 Å². The molecular weight excluding hydrogens is 230 g/mol. The summed E-state index contributed by atoms with van der Waals surface area (Å²) < 4.78 is 0. The molecule has 18 heavy (non-hydrogen) atoms. The molecule has 0 radical (unpaired) electrons. The molecule has 0 atom stereocenters. The van der Waals surface area contributed by atoms with Crippen LogP contribution in [-0.4, -0.2) is 18.4 Å². The minimum atomic E-state index is -0.316. The van der Waals surface area contributed by atoms with E-state index in [4.69, 9.17) is 5.26 Å². The van der Waals surface area contributed by atoms with Gasteiger partial charge in [0.15, 0.2) is 0 Å². The molecule has 1 aromatic rings. The molecule has 94 valence electrons. The van der Waals surface area contributed by atoms with E-state index in [2.05, 4.69) is 10.6 Å². The van der Waals surface area contributed by atoms with E-state index in [-0.39, 0.29) is 11.8 Å². The third kappa shape index (κ3) is 5.12. The summed E-state index contributed by atoms with van der Waals surface area (Å²) in [6, 6.07) is 8.26. The monoisotopic (exact) mass is 245 g/mol. The predicted molar refractivity (Wildman–Crippen MR) is 68.1 cm³/mol. The average molecular weight is 245 g/mol. The number of carbonyl (C=O) groups excluding carboxylic acids is 2. The second-order valence-corrected chi connectivity index (χ2v) is 3.88. The van der Waals surface area contributed by atoms with E-state index in [9.17, 15) is 9.59 Å². The number of nitrogens with zero attached hydrogens (tertiary/aromatic N) is 1. The smallest absolute Gasteiger partial charge is 0.319 e. The Labute approximate surface area is 106 Å². The normalized spacial score (nSPS) is 9.33. The van der Waals surface area contributed by atoms with Crippen LogP contribution < -0.4 is 10.6 Å². The van der Waals surface area contributed by atoms with Gasteiger partial charge in [0.25, 0.3) is 0 Å². The predicted octanol–water partition coefficient (Wildman–Crippen LogP) is 2.05. The van der Waals surface area contributed by atoms with Gasteiger partial charge < -0.3 is 15.4 Å². The first-order chi connectivity index (χ1) is 8.61. The first-order valence-corrected chi connectivity index (χ1v) is 5.66. The quantitative estimate of drug-likeness (QED) is 0.779. The second kappa shape index (κ2) is 7.07. The maximum absolute atomic E-state index is 11.4. The van der Waals surface area contributed by atoms with E-state index in [0.717, 1.165) is 0 Å². The highest BCUT2D eigenvalue weighted by Crippen LogP contribution is 2.08. The van der Waals surface area contributed by atoms with Gasteiger partial charge in [0.05, 0.1) is 11.6 Å². The van der Waals surface area contributed by atoms with E-state index < -0.39 is 0 Å². The first-order valence-electron chi connectivity index (χ1n) is 5.66. The standard InChI is InChI=1S/C13H15N3O2/c1-10(17)3-2-8-15-13(18)16-12-6-4-11(9-14)5-7-12/h4-7H,2-3,8H2,1H3,(H2,15,16,18). The van der Waals surface area contributed by atoms with Gasteiger partial charge in [0.1, 0.15) is 5.78 Å². The zero-order valence-electron chi connectivity index (χ0n) is 10.2. The number of benzene rings is 1. The van der Waals surface area contributed by atoms with Gasteiger partial charge in [-0.25, -0.2) is 4.79 Å². The molecule has 0 fully saturated rings. The van der Waals surface area contributed by atoms with E-state index in [1.54, 1.807) is 24.3 Å². The molecule has 0 aliphatic rings. The molecule has 0 bridgehead atoms. The Hall–Kier alpha value is -2.35. The van der Waals surface area contributed by atoms with Gasteiger partial charge >= 0.3 is 6.03 Å². The summed E-state index contributed by atoms with van der Waals surface area (Å²) in [4.78, 5) is 22.1. The van der Waals surface area contributed by atoms with Crippen LogP contribution in [0.5, 0.6) is 0 Å². The zero-order valence-corrected chi connectivity index (χ0v) is 10.2. The molecule has 5 nitrogen and oxygen atoms in total. The number of ketones is 1. The number of amides is 2. The van der Waals surface area contributed by atoms with Crippen molar-refractivity contribution in [3.05, 3.63) is 29.8 Å². The molecule has 0 aliphatic carbocycles. The zero-order chi connectivity index (χ0) is 13.4. The summed E-state index contributed by atoms with van der Waals surface area (Å²) >= 11 is 0. The summed E-state index contributed by atoms with van der Waals surface area (Å²) in [7, 11) is 0. The number of hydrogen-bond donors (Lipinski definition) is 2. The van der Waals surface area contributed by atoms with Crippen LogP contribution in [0.3, 0.4) is 0 Å². The van der Waals surface area contributed by atoms with Crippen LogP contribution in [0.2, 0.25) is 0 Å². The fourth-order valence-corrected chi connectivity index (χ4v) is 1.34. The van der Waals surface area contributed by atoms with Crippen LogP contribution in [0.4, 0.5) is 10.5 Å². The van der Waals surface area contributed by atoms with E-state index >= 15 is 0 Å². The number of nitrogens with one attached hydrogen (secondary N) is 2. The van der Waals surface area contributed by atoms with Crippen molar-refractivity contribution in [2.75, 3.05) is 11.9 Å². The van der Waals surface area contributed by atoms with Gasteiger partial charge in [-0.3, -0.25) is 0 Å². The second-order valence-electron chi connectivity index (χ2n) is 3.88. The third-order valence-electron chi connectivity index (χ3n) is 2.26. The van der Waals surface area contributed by atoms with Gasteiger partial charge in [-0.2, -0.15) is 5.26 Å².